The number of aromatic nitrogens is 2. The minimum atomic E-state index is 0.0657. The van der Waals surface area contributed by atoms with Crippen LogP contribution in [-0.2, 0) is 5.41 Å². The molecule has 0 amide bonds. The van der Waals surface area contributed by atoms with Gasteiger partial charge < -0.3 is 4.52 Å². The van der Waals surface area contributed by atoms with Crippen LogP contribution in [0.15, 0.2) is 16.8 Å². The van der Waals surface area contributed by atoms with Gasteiger partial charge in [-0.25, -0.2) is 0 Å². The van der Waals surface area contributed by atoms with Crippen LogP contribution in [0.3, 0.4) is 0 Å². The second kappa shape index (κ2) is 2.80. The van der Waals surface area contributed by atoms with E-state index in [-0.39, 0.29) is 5.41 Å². The number of fused-ring (bicyclic) bond motifs is 1. The minimum absolute atomic E-state index is 0.0657. The lowest BCUT2D eigenvalue weighted by atomic mass is 9.91. The molecule has 0 unspecified atom stereocenters. The van der Waals surface area contributed by atoms with Crippen molar-refractivity contribution in [1.82, 2.24) is 10.1 Å². The van der Waals surface area contributed by atoms with Gasteiger partial charge in [-0.3, -0.25) is 4.98 Å². The normalized spacial score (nSPS) is 12.3. The van der Waals surface area contributed by atoms with Gasteiger partial charge >= 0.3 is 0 Å². The molecule has 2 aromatic rings. The molecule has 0 fully saturated rings. The molecule has 0 saturated heterocycles. The van der Waals surface area contributed by atoms with Gasteiger partial charge in [-0.15, -0.1) is 0 Å². The van der Waals surface area contributed by atoms with Crippen molar-refractivity contribution in [2.45, 2.75) is 33.1 Å². The number of hydrogen-bond acceptors (Lipinski definition) is 3. The van der Waals surface area contributed by atoms with E-state index in [4.69, 9.17) is 4.52 Å². The van der Waals surface area contributed by atoms with Crippen molar-refractivity contribution < 1.29 is 4.52 Å². The average Bonchev–Trinajstić information content (AvgIpc) is 2.50. The molecule has 0 aromatic carbocycles. The maximum absolute atomic E-state index is 5.10. The van der Waals surface area contributed by atoms with E-state index < -0.39 is 0 Å². The maximum Gasteiger partial charge on any atom is 0.187 e. The van der Waals surface area contributed by atoms with E-state index >= 15 is 0 Å². The Morgan fingerprint density at radius 1 is 1.29 bits per heavy atom. The first kappa shape index (κ1) is 9.19. The molecule has 0 spiro atoms. The van der Waals surface area contributed by atoms with E-state index in [1.165, 1.54) is 0 Å². The molecule has 2 heterocycles. The van der Waals surface area contributed by atoms with Crippen LogP contribution >= 0.6 is 0 Å². The summed E-state index contributed by atoms with van der Waals surface area (Å²) < 4.78 is 5.10. The van der Waals surface area contributed by atoms with E-state index in [1.807, 2.05) is 13.0 Å². The zero-order chi connectivity index (χ0) is 10.3. The second-order valence-electron chi connectivity index (χ2n) is 4.59. The Kier molecular flexibility index (Phi) is 1.84. The molecular formula is C11H14N2O. The van der Waals surface area contributed by atoms with E-state index in [0.717, 1.165) is 22.4 Å². The third-order valence-corrected chi connectivity index (χ3v) is 2.28. The molecule has 74 valence electrons. The van der Waals surface area contributed by atoms with Gasteiger partial charge in [0.2, 0.25) is 0 Å². The largest absolute Gasteiger partial charge is 0.354 e. The van der Waals surface area contributed by atoms with E-state index in [0.29, 0.717) is 0 Å². The molecule has 0 aliphatic carbocycles. The zero-order valence-electron chi connectivity index (χ0n) is 8.96. The van der Waals surface area contributed by atoms with Gasteiger partial charge in [0.05, 0.1) is 11.9 Å². The highest BCUT2D eigenvalue weighted by Crippen LogP contribution is 2.25. The lowest BCUT2D eigenvalue weighted by molar-refractivity contribution is 0.453. The molecule has 3 nitrogen and oxygen atoms in total. The summed E-state index contributed by atoms with van der Waals surface area (Å²) in [5.74, 6) is 0. The fourth-order valence-electron chi connectivity index (χ4n) is 1.42. The quantitative estimate of drug-likeness (QED) is 0.641. The van der Waals surface area contributed by atoms with E-state index in [9.17, 15) is 0 Å². The number of rotatable bonds is 0. The Hall–Kier alpha value is -1.38. The Balaban J connectivity index is 2.70. The van der Waals surface area contributed by atoms with Crippen molar-refractivity contribution in [1.29, 1.82) is 0 Å². The number of aryl methyl sites for hydroxylation is 1. The summed E-state index contributed by atoms with van der Waals surface area (Å²) in [5.41, 5.74) is 2.84. The van der Waals surface area contributed by atoms with Gasteiger partial charge in [-0.1, -0.05) is 25.9 Å². The van der Waals surface area contributed by atoms with Crippen molar-refractivity contribution in [2.75, 3.05) is 0 Å². The number of hydrogen-bond donors (Lipinski definition) is 0. The third kappa shape index (κ3) is 1.39. The molecule has 0 atom stereocenters. The SMILES string of the molecule is Cc1nc(C(C)(C)C)cc2cnoc12. The Morgan fingerprint density at radius 3 is 2.64 bits per heavy atom. The van der Waals surface area contributed by atoms with Gasteiger partial charge in [-0.05, 0) is 13.0 Å². The van der Waals surface area contributed by atoms with Gasteiger partial charge in [-0.2, -0.15) is 0 Å². The smallest absolute Gasteiger partial charge is 0.187 e. The fourth-order valence-corrected chi connectivity index (χ4v) is 1.42. The Bertz CT molecular complexity index is 466. The second-order valence-corrected chi connectivity index (χ2v) is 4.59. The number of nitrogens with zero attached hydrogens (tertiary/aromatic N) is 2. The molecule has 0 aliphatic rings. The van der Waals surface area contributed by atoms with Crippen LogP contribution in [0.4, 0.5) is 0 Å². The summed E-state index contributed by atoms with van der Waals surface area (Å²) in [4.78, 5) is 4.51. The molecule has 0 radical (unpaired) electrons. The first-order valence-electron chi connectivity index (χ1n) is 4.71. The third-order valence-electron chi connectivity index (χ3n) is 2.28. The van der Waals surface area contributed by atoms with E-state index in [1.54, 1.807) is 6.20 Å². The minimum Gasteiger partial charge on any atom is -0.354 e. The van der Waals surface area contributed by atoms with E-state index in [2.05, 4.69) is 30.9 Å². The first-order chi connectivity index (χ1) is 6.48. The van der Waals surface area contributed by atoms with Gasteiger partial charge in [0.1, 0.15) is 0 Å². The Labute approximate surface area is 83.1 Å². The monoisotopic (exact) mass is 190 g/mol. The molecule has 0 bridgehead atoms. The van der Waals surface area contributed by atoms with Crippen molar-refractivity contribution in [2.24, 2.45) is 0 Å². The van der Waals surface area contributed by atoms with Crippen LogP contribution in [0.1, 0.15) is 32.2 Å². The molecule has 3 heteroatoms. The Morgan fingerprint density at radius 2 is 2.00 bits per heavy atom. The van der Waals surface area contributed by atoms with Crippen LogP contribution < -0.4 is 0 Å². The lowest BCUT2D eigenvalue weighted by Crippen LogP contribution is -2.13. The van der Waals surface area contributed by atoms with Crippen molar-refractivity contribution in [3.05, 3.63) is 23.7 Å². The van der Waals surface area contributed by atoms with Crippen molar-refractivity contribution in [3.63, 3.8) is 0 Å². The highest BCUT2D eigenvalue weighted by atomic mass is 16.5. The topological polar surface area (TPSA) is 38.9 Å². The molecule has 2 aromatic heterocycles. The zero-order valence-corrected chi connectivity index (χ0v) is 8.96. The van der Waals surface area contributed by atoms with Crippen molar-refractivity contribution >= 4 is 11.0 Å². The predicted molar refractivity (Wildman–Crippen MR) is 55.2 cm³/mol. The van der Waals surface area contributed by atoms with Crippen LogP contribution in [0.5, 0.6) is 0 Å². The highest BCUT2D eigenvalue weighted by molar-refractivity contribution is 5.78. The standard InChI is InChI=1S/C11H14N2O/c1-7-10-8(6-12-14-10)5-9(13-7)11(2,3)4/h5-6H,1-4H3. The summed E-state index contributed by atoms with van der Waals surface area (Å²) in [6.07, 6.45) is 1.74. The predicted octanol–water partition coefficient (Wildman–Crippen LogP) is 2.83. The molecule has 14 heavy (non-hydrogen) atoms. The van der Waals surface area contributed by atoms with Gasteiger partial charge in [0, 0.05) is 16.5 Å². The maximum atomic E-state index is 5.10. The van der Waals surface area contributed by atoms with Gasteiger partial charge in [0.15, 0.2) is 5.58 Å². The average molecular weight is 190 g/mol. The van der Waals surface area contributed by atoms with Crippen molar-refractivity contribution in [3.8, 4) is 0 Å². The summed E-state index contributed by atoms with van der Waals surface area (Å²) in [6, 6.07) is 2.04. The van der Waals surface area contributed by atoms with Crippen LogP contribution in [0.2, 0.25) is 0 Å². The number of pyridine rings is 1. The molecule has 0 saturated carbocycles. The first-order valence-corrected chi connectivity index (χ1v) is 4.71. The summed E-state index contributed by atoms with van der Waals surface area (Å²) in [6.45, 7) is 8.39. The molecule has 2 rings (SSSR count). The van der Waals surface area contributed by atoms with Crippen LogP contribution in [0, 0.1) is 6.92 Å². The molecule has 0 N–H and O–H groups in total. The summed E-state index contributed by atoms with van der Waals surface area (Å²) >= 11 is 0. The van der Waals surface area contributed by atoms with Crippen LogP contribution in [-0.4, -0.2) is 10.1 Å². The summed E-state index contributed by atoms with van der Waals surface area (Å²) in [5, 5.41) is 4.80. The van der Waals surface area contributed by atoms with Crippen LogP contribution in [0.25, 0.3) is 11.0 Å². The fraction of sp³-hybridized carbons (Fsp3) is 0.455. The lowest BCUT2D eigenvalue weighted by Gasteiger charge is -2.17. The highest BCUT2D eigenvalue weighted by Gasteiger charge is 2.17. The molecule has 0 aliphatic heterocycles. The molecular weight excluding hydrogens is 176 g/mol. The van der Waals surface area contributed by atoms with Gasteiger partial charge in [0.25, 0.3) is 0 Å². The summed E-state index contributed by atoms with van der Waals surface area (Å²) in [7, 11) is 0.